The maximum absolute atomic E-state index is 11.7. The first-order valence-electron chi connectivity index (χ1n) is 5.63. The Balaban J connectivity index is 2.23. The molecule has 3 heteroatoms. The van der Waals surface area contributed by atoms with Crippen LogP contribution in [0, 0.1) is 6.92 Å². The molecule has 0 fully saturated rings. The summed E-state index contributed by atoms with van der Waals surface area (Å²) in [5.41, 5.74) is 6.07. The van der Waals surface area contributed by atoms with E-state index >= 15 is 0 Å². The van der Waals surface area contributed by atoms with E-state index < -0.39 is 0 Å². The van der Waals surface area contributed by atoms with Crippen molar-refractivity contribution >= 4 is 17.1 Å². The number of aryl methyl sites for hydroxylation is 1. The maximum atomic E-state index is 11.7. The molecule has 0 bridgehead atoms. The summed E-state index contributed by atoms with van der Waals surface area (Å²) in [5, 5.41) is 0. The Morgan fingerprint density at radius 2 is 2.12 bits per heavy atom. The van der Waals surface area contributed by atoms with Gasteiger partial charge in [-0.2, -0.15) is 0 Å². The normalized spacial score (nSPS) is 22.5. The molecular formula is C14H13NO2. The number of hydrogen-bond donors (Lipinski definition) is 1. The first-order valence-corrected chi connectivity index (χ1v) is 5.63. The van der Waals surface area contributed by atoms with Crippen LogP contribution in [-0.4, -0.2) is 17.6 Å². The fraction of sp³-hybridized carbons (Fsp3) is 0.214. The van der Waals surface area contributed by atoms with Crippen LogP contribution < -0.4 is 0 Å². The summed E-state index contributed by atoms with van der Waals surface area (Å²) in [5.74, 6) is -0.238. The molecule has 0 radical (unpaired) electrons. The standard InChI is InChI=1S/C14H13NO2/c1-8-6-11(10-4-3-5-17-14(10)16)12-7-9(2)15-13(8)12/h3-4,6-7,15H,5H2,1-2H3. The second kappa shape index (κ2) is 3.48. The van der Waals surface area contributed by atoms with Gasteiger partial charge in [-0.05, 0) is 49.3 Å². The zero-order valence-corrected chi connectivity index (χ0v) is 9.83. The molecule has 1 N–H and O–H groups in total. The fourth-order valence-corrected chi connectivity index (χ4v) is 2.34. The summed E-state index contributed by atoms with van der Waals surface area (Å²) in [6, 6.07) is 2.07. The van der Waals surface area contributed by atoms with Gasteiger partial charge in [-0.3, -0.25) is 0 Å². The molecule has 0 spiro atoms. The van der Waals surface area contributed by atoms with Crippen molar-refractivity contribution in [1.29, 1.82) is 0 Å². The smallest absolute Gasteiger partial charge is 0.339 e. The molecule has 1 aliphatic heterocycles. The lowest BCUT2D eigenvalue weighted by molar-refractivity contribution is -0.137. The van der Waals surface area contributed by atoms with Crippen molar-refractivity contribution in [3.8, 4) is 0 Å². The number of fused-ring (bicyclic) bond motifs is 1. The van der Waals surface area contributed by atoms with Crippen LogP contribution in [0.2, 0.25) is 0 Å². The second-order valence-corrected chi connectivity index (χ2v) is 4.40. The molecule has 3 nitrogen and oxygen atoms in total. The third-order valence-corrected chi connectivity index (χ3v) is 3.10. The first-order chi connectivity index (χ1) is 8.16. The third-order valence-electron chi connectivity index (χ3n) is 3.10. The van der Waals surface area contributed by atoms with E-state index in [1.165, 1.54) is 0 Å². The Morgan fingerprint density at radius 3 is 2.88 bits per heavy atom. The highest BCUT2D eigenvalue weighted by Crippen LogP contribution is 2.37. The maximum Gasteiger partial charge on any atom is 0.339 e. The number of aromatic amines is 1. The predicted molar refractivity (Wildman–Crippen MR) is 66.2 cm³/mol. The van der Waals surface area contributed by atoms with Gasteiger partial charge in [0.1, 0.15) is 6.61 Å². The minimum atomic E-state index is -0.238. The number of nitrogens with one attached hydrogen (secondary N) is 1. The van der Waals surface area contributed by atoms with Crippen LogP contribution in [0.25, 0.3) is 11.1 Å². The van der Waals surface area contributed by atoms with E-state index in [9.17, 15) is 4.79 Å². The number of hydrogen-bond acceptors (Lipinski definition) is 2. The highest BCUT2D eigenvalue weighted by Gasteiger charge is 2.24. The highest BCUT2D eigenvalue weighted by molar-refractivity contribution is 6.08. The fourth-order valence-electron chi connectivity index (χ4n) is 2.34. The van der Waals surface area contributed by atoms with Gasteiger partial charge < -0.3 is 9.72 Å². The van der Waals surface area contributed by atoms with Crippen LogP contribution in [0.1, 0.15) is 23.9 Å². The van der Waals surface area contributed by atoms with Crippen LogP contribution in [0.3, 0.4) is 0 Å². The number of carbonyl (C=O) groups is 1. The van der Waals surface area contributed by atoms with Gasteiger partial charge in [-0.1, -0.05) is 0 Å². The monoisotopic (exact) mass is 227 g/mol. The van der Waals surface area contributed by atoms with Gasteiger partial charge in [-0.25, -0.2) is 4.79 Å². The van der Waals surface area contributed by atoms with Gasteiger partial charge in [0.2, 0.25) is 0 Å². The summed E-state index contributed by atoms with van der Waals surface area (Å²) >= 11 is 0. The first kappa shape index (κ1) is 10.1. The zero-order valence-electron chi connectivity index (χ0n) is 9.83. The molecule has 0 aromatic carbocycles. The van der Waals surface area contributed by atoms with Crippen molar-refractivity contribution in [1.82, 2.24) is 4.98 Å². The van der Waals surface area contributed by atoms with Crippen molar-refractivity contribution in [3.05, 3.63) is 46.8 Å². The molecule has 0 saturated heterocycles. The lowest BCUT2D eigenvalue weighted by Crippen LogP contribution is -2.12. The van der Waals surface area contributed by atoms with Crippen LogP contribution in [0.4, 0.5) is 0 Å². The Kier molecular flexibility index (Phi) is 2.08. The van der Waals surface area contributed by atoms with Gasteiger partial charge in [0.25, 0.3) is 0 Å². The number of allylic oxidation sites excluding steroid dienone is 3. The molecule has 2 aliphatic rings. The van der Waals surface area contributed by atoms with E-state index in [0.29, 0.717) is 12.2 Å². The van der Waals surface area contributed by atoms with Crippen LogP contribution in [0.5, 0.6) is 0 Å². The molecular weight excluding hydrogens is 214 g/mol. The number of esters is 1. The molecule has 3 rings (SSSR count). The Hall–Kier alpha value is -2.03. The summed E-state index contributed by atoms with van der Waals surface area (Å²) in [6.45, 7) is 4.43. The molecule has 1 aromatic rings. The van der Waals surface area contributed by atoms with E-state index in [1.54, 1.807) is 0 Å². The van der Waals surface area contributed by atoms with E-state index in [-0.39, 0.29) is 5.97 Å². The molecule has 17 heavy (non-hydrogen) atoms. The average molecular weight is 227 g/mol. The third kappa shape index (κ3) is 1.46. The van der Waals surface area contributed by atoms with Crippen molar-refractivity contribution in [3.63, 3.8) is 0 Å². The number of aromatic nitrogens is 1. The Morgan fingerprint density at radius 1 is 1.29 bits per heavy atom. The lowest BCUT2D eigenvalue weighted by Gasteiger charge is -2.10. The molecule has 1 aromatic heterocycles. The van der Waals surface area contributed by atoms with Crippen molar-refractivity contribution < 1.29 is 9.53 Å². The average Bonchev–Trinajstić information content (AvgIpc) is 2.80. The lowest BCUT2D eigenvalue weighted by atomic mass is 10.0. The molecule has 2 heterocycles. The Bertz CT molecular complexity index is 600. The quantitative estimate of drug-likeness (QED) is 0.546. The molecule has 0 atom stereocenters. The molecule has 0 unspecified atom stereocenters. The minimum absolute atomic E-state index is 0.238. The Labute approximate surface area is 99.5 Å². The summed E-state index contributed by atoms with van der Waals surface area (Å²) in [6.07, 6.45) is 5.75. The van der Waals surface area contributed by atoms with Crippen molar-refractivity contribution in [2.75, 3.05) is 6.61 Å². The molecule has 1 aliphatic carbocycles. The van der Waals surface area contributed by atoms with E-state index in [1.807, 2.05) is 32.1 Å². The molecule has 0 amide bonds. The van der Waals surface area contributed by atoms with E-state index in [4.69, 9.17) is 4.74 Å². The van der Waals surface area contributed by atoms with Crippen LogP contribution >= 0.6 is 0 Å². The van der Waals surface area contributed by atoms with Gasteiger partial charge in [0, 0.05) is 17.0 Å². The largest absolute Gasteiger partial charge is 0.458 e. The van der Waals surface area contributed by atoms with Gasteiger partial charge in [0.15, 0.2) is 0 Å². The van der Waals surface area contributed by atoms with Gasteiger partial charge in [0.05, 0.1) is 5.57 Å². The number of H-pyrrole nitrogens is 1. The molecule has 86 valence electrons. The number of ether oxygens (including phenoxy) is 1. The summed E-state index contributed by atoms with van der Waals surface area (Å²) < 4.78 is 5.04. The second-order valence-electron chi connectivity index (χ2n) is 4.40. The SMILES string of the molecule is CC1=CC(=C2C=CCOC2=O)c2cc(C)[nH]c21. The highest BCUT2D eigenvalue weighted by atomic mass is 16.5. The number of rotatable bonds is 0. The molecule has 0 saturated carbocycles. The predicted octanol–water partition coefficient (Wildman–Crippen LogP) is 2.61. The van der Waals surface area contributed by atoms with E-state index in [2.05, 4.69) is 11.1 Å². The minimum Gasteiger partial charge on any atom is -0.458 e. The topological polar surface area (TPSA) is 42.1 Å². The van der Waals surface area contributed by atoms with Crippen molar-refractivity contribution in [2.45, 2.75) is 13.8 Å². The van der Waals surface area contributed by atoms with Gasteiger partial charge in [-0.15, -0.1) is 0 Å². The summed E-state index contributed by atoms with van der Waals surface area (Å²) in [7, 11) is 0. The van der Waals surface area contributed by atoms with Crippen LogP contribution in [-0.2, 0) is 9.53 Å². The van der Waals surface area contributed by atoms with Gasteiger partial charge >= 0.3 is 5.97 Å². The number of cyclic esters (lactones) is 1. The number of carbonyl (C=O) groups excluding carboxylic acids is 1. The summed E-state index contributed by atoms with van der Waals surface area (Å²) in [4.78, 5) is 15.0. The zero-order chi connectivity index (χ0) is 12.0. The van der Waals surface area contributed by atoms with E-state index in [0.717, 1.165) is 28.1 Å². The van der Waals surface area contributed by atoms with Crippen molar-refractivity contribution in [2.24, 2.45) is 0 Å². The van der Waals surface area contributed by atoms with Crippen LogP contribution in [0.15, 0.2) is 29.9 Å².